The number of nitrogens with zero attached hydrogens (tertiary/aromatic N) is 4. The summed E-state index contributed by atoms with van der Waals surface area (Å²) in [5, 5.41) is 0. The standard InChI is InChI=1S/C8H17N5/c9-2-1-8-12-4-10-3-11(6-12)7-13(8)5-10/h8H,1-7,9H2. The Morgan fingerprint density at radius 3 is 1.92 bits per heavy atom. The molecule has 0 amide bonds. The van der Waals surface area contributed by atoms with E-state index in [4.69, 9.17) is 5.73 Å². The molecule has 5 heteroatoms. The fraction of sp³-hybridized carbons (Fsp3) is 1.00. The molecule has 0 aliphatic carbocycles. The molecule has 5 nitrogen and oxygen atoms in total. The Labute approximate surface area is 78.7 Å². The normalized spacial score (nSPS) is 52.8. The summed E-state index contributed by atoms with van der Waals surface area (Å²) < 4.78 is 0. The Balaban J connectivity index is 1.77. The smallest absolute Gasteiger partial charge is 0.0680 e. The summed E-state index contributed by atoms with van der Waals surface area (Å²) in [5.74, 6) is 0. The van der Waals surface area contributed by atoms with Crippen molar-refractivity contribution in [1.29, 1.82) is 0 Å². The lowest BCUT2D eigenvalue weighted by Gasteiger charge is -2.60. The Bertz CT molecular complexity index is 179. The van der Waals surface area contributed by atoms with Gasteiger partial charge in [0.15, 0.2) is 0 Å². The van der Waals surface area contributed by atoms with Crippen LogP contribution in [0.3, 0.4) is 0 Å². The molecule has 0 radical (unpaired) electrons. The maximum Gasteiger partial charge on any atom is 0.0680 e. The maximum absolute atomic E-state index is 5.63. The minimum absolute atomic E-state index is 0.609. The molecule has 4 heterocycles. The third-order valence-corrected chi connectivity index (χ3v) is 3.19. The molecule has 4 bridgehead atoms. The highest BCUT2D eigenvalue weighted by atomic mass is 15.7. The van der Waals surface area contributed by atoms with Gasteiger partial charge in [0.25, 0.3) is 0 Å². The second-order valence-corrected chi connectivity index (χ2v) is 4.28. The first-order valence-corrected chi connectivity index (χ1v) is 5.00. The molecule has 0 aromatic rings. The summed E-state index contributed by atoms with van der Waals surface area (Å²) in [6.07, 6.45) is 1.72. The van der Waals surface area contributed by atoms with Crippen LogP contribution in [0.5, 0.6) is 0 Å². The molecule has 4 fully saturated rings. The van der Waals surface area contributed by atoms with E-state index < -0.39 is 0 Å². The molecule has 0 saturated carbocycles. The van der Waals surface area contributed by atoms with E-state index in [1.807, 2.05) is 0 Å². The maximum atomic E-state index is 5.63. The summed E-state index contributed by atoms with van der Waals surface area (Å²) in [6.45, 7) is 6.50. The lowest BCUT2D eigenvalue weighted by atomic mass is 10.2. The quantitative estimate of drug-likeness (QED) is 0.576. The van der Waals surface area contributed by atoms with Crippen LogP contribution in [0.2, 0.25) is 0 Å². The van der Waals surface area contributed by atoms with Gasteiger partial charge in [-0.15, -0.1) is 0 Å². The monoisotopic (exact) mass is 183 g/mol. The molecular formula is C8H17N5. The molecule has 4 saturated heterocycles. The lowest BCUT2D eigenvalue weighted by molar-refractivity contribution is -0.231. The van der Waals surface area contributed by atoms with Crippen LogP contribution in [-0.2, 0) is 0 Å². The van der Waals surface area contributed by atoms with Crippen LogP contribution in [0.15, 0.2) is 0 Å². The number of hydrogen-bond donors (Lipinski definition) is 1. The second kappa shape index (κ2) is 2.90. The van der Waals surface area contributed by atoms with Crippen LogP contribution in [0, 0.1) is 0 Å². The molecular weight excluding hydrogens is 166 g/mol. The average molecular weight is 183 g/mol. The summed E-state index contributed by atoms with van der Waals surface area (Å²) in [5.41, 5.74) is 5.63. The minimum Gasteiger partial charge on any atom is -0.330 e. The molecule has 74 valence electrons. The van der Waals surface area contributed by atoms with Gasteiger partial charge >= 0.3 is 0 Å². The van der Waals surface area contributed by atoms with E-state index in [1.165, 1.54) is 0 Å². The van der Waals surface area contributed by atoms with Gasteiger partial charge in [-0.1, -0.05) is 0 Å². The van der Waals surface area contributed by atoms with Gasteiger partial charge < -0.3 is 5.73 Å². The van der Waals surface area contributed by atoms with Gasteiger partial charge in [0, 0.05) is 0 Å². The molecule has 4 aliphatic heterocycles. The van der Waals surface area contributed by atoms with E-state index >= 15 is 0 Å². The number of hydrogen-bond acceptors (Lipinski definition) is 5. The van der Waals surface area contributed by atoms with Crippen molar-refractivity contribution in [3.8, 4) is 0 Å². The van der Waals surface area contributed by atoms with E-state index in [0.29, 0.717) is 6.17 Å². The first kappa shape index (κ1) is 8.14. The molecule has 4 aliphatic rings. The van der Waals surface area contributed by atoms with Crippen LogP contribution in [-0.4, -0.2) is 65.7 Å². The van der Waals surface area contributed by atoms with E-state index in [9.17, 15) is 0 Å². The first-order chi connectivity index (χ1) is 6.36. The largest absolute Gasteiger partial charge is 0.330 e. The average Bonchev–Trinajstić information content (AvgIpc) is 2.10. The Hall–Kier alpha value is -0.200. The van der Waals surface area contributed by atoms with Gasteiger partial charge in [0.1, 0.15) is 0 Å². The zero-order valence-electron chi connectivity index (χ0n) is 7.89. The highest BCUT2D eigenvalue weighted by Crippen LogP contribution is 2.27. The van der Waals surface area contributed by atoms with Gasteiger partial charge in [-0.2, -0.15) is 0 Å². The number of nitrogens with two attached hydrogens (primary N) is 1. The van der Waals surface area contributed by atoms with Crippen molar-refractivity contribution < 1.29 is 0 Å². The van der Waals surface area contributed by atoms with Crippen molar-refractivity contribution in [2.75, 3.05) is 39.9 Å². The molecule has 0 unspecified atom stereocenters. The van der Waals surface area contributed by atoms with Crippen molar-refractivity contribution >= 4 is 0 Å². The van der Waals surface area contributed by atoms with E-state index in [0.717, 1.165) is 46.3 Å². The summed E-state index contributed by atoms with van der Waals surface area (Å²) in [4.78, 5) is 9.98. The van der Waals surface area contributed by atoms with Gasteiger partial charge in [0.2, 0.25) is 0 Å². The highest BCUT2D eigenvalue weighted by Gasteiger charge is 2.42. The summed E-state index contributed by atoms with van der Waals surface area (Å²) >= 11 is 0. The van der Waals surface area contributed by atoms with Crippen molar-refractivity contribution in [1.82, 2.24) is 19.6 Å². The van der Waals surface area contributed by atoms with Gasteiger partial charge in [-0.25, -0.2) is 0 Å². The van der Waals surface area contributed by atoms with Gasteiger partial charge in [-0.05, 0) is 13.0 Å². The predicted molar refractivity (Wildman–Crippen MR) is 49.2 cm³/mol. The fourth-order valence-electron chi connectivity index (χ4n) is 2.79. The van der Waals surface area contributed by atoms with Gasteiger partial charge in [0.05, 0.1) is 39.5 Å². The van der Waals surface area contributed by atoms with Crippen molar-refractivity contribution in [2.45, 2.75) is 12.6 Å². The van der Waals surface area contributed by atoms with Crippen molar-refractivity contribution in [3.63, 3.8) is 0 Å². The van der Waals surface area contributed by atoms with E-state index in [-0.39, 0.29) is 0 Å². The van der Waals surface area contributed by atoms with Crippen LogP contribution in [0.1, 0.15) is 6.42 Å². The molecule has 4 rings (SSSR count). The second-order valence-electron chi connectivity index (χ2n) is 4.28. The molecule has 13 heavy (non-hydrogen) atoms. The Kier molecular flexibility index (Phi) is 1.81. The van der Waals surface area contributed by atoms with Crippen LogP contribution < -0.4 is 5.73 Å². The SMILES string of the molecule is NCCC1N2CN3CN(C2)CN1C3. The Morgan fingerprint density at radius 2 is 1.46 bits per heavy atom. The first-order valence-electron chi connectivity index (χ1n) is 5.00. The number of rotatable bonds is 2. The van der Waals surface area contributed by atoms with E-state index in [1.54, 1.807) is 0 Å². The molecule has 0 aromatic heterocycles. The van der Waals surface area contributed by atoms with Crippen molar-refractivity contribution in [3.05, 3.63) is 0 Å². The van der Waals surface area contributed by atoms with Crippen LogP contribution >= 0.6 is 0 Å². The zero-order valence-corrected chi connectivity index (χ0v) is 7.89. The zero-order chi connectivity index (χ0) is 8.84. The van der Waals surface area contributed by atoms with E-state index in [2.05, 4.69) is 19.6 Å². The third kappa shape index (κ3) is 1.19. The molecule has 2 N–H and O–H groups in total. The van der Waals surface area contributed by atoms with Crippen LogP contribution in [0.4, 0.5) is 0 Å². The summed E-state index contributed by atoms with van der Waals surface area (Å²) in [6, 6.07) is 0. The summed E-state index contributed by atoms with van der Waals surface area (Å²) in [7, 11) is 0. The minimum atomic E-state index is 0.609. The Morgan fingerprint density at radius 1 is 0.923 bits per heavy atom. The fourth-order valence-corrected chi connectivity index (χ4v) is 2.79. The molecule has 0 aromatic carbocycles. The van der Waals surface area contributed by atoms with Crippen molar-refractivity contribution in [2.24, 2.45) is 5.73 Å². The van der Waals surface area contributed by atoms with Crippen LogP contribution in [0.25, 0.3) is 0 Å². The third-order valence-electron chi connectivity index (χ3n) is 3.19. The van der Waals surface area contributed by atoms with Gasteiger partial charge in [-0.3, -0.25) is 19.6 Å². The lowest BCUT2D eigenvalue weighted by Crippen LogP contribution is -2.75. The topological polar surface area (TPSA) is 39.0 Å². The predicted octanol–water partition coefficient (Wildman–Crippen LogP) is -1.30. The molecule has 0 atom stereocenters. The molecule has 0 spiro atoms. The highest BCUT2D eigenvalue weighted by molar-refractivity contribution is 4.87.